The Morgan fingerprint density at radius 2 is 2.50 bits per heavy atom. The molecule has 0 aromatic carbocycles. The first kappa shape index (κ1) is 14.3. The van der Waals surface area contributed by atoms with Crippen LogP contribution in [0.3, 0.4) is 0 Å². The van der Waals surface area contributed by atoms with Crippen LogP contribution in [-0.4, -0.2) is 19.3 Å². The molecule has 0 spiro atoms. The van der Waals surface area contributed by atoms with Crippen LogP contribution in [0.5, 0.6) is 0 Å². The standard InChI is InChI=1S/C14H22ClNOS/c1-2-16-13(14-12(15)8-10-18-14)7-3-5-11-6-4-9-17-11/h8,10-11,13,16H,2-7,9H2,1H3. The quantitative estimate of drug-likeness (QED) is 0.802. The number of hydrogen-bond acceptors (Lipinski definition) is 3. The van der Waals surface area contributed by atoms with E-state index in [2.05, 4.69) is 17.6 Å². The van der Waals surface area contributed by atoms with Gasteiger partial charge in [0.05, 0.1) is 11.1 Å². The van der Waals surface area contributed by atoms with Gasteiger partial charge in [0.1, 0.15) is 0 Å². The lowest BCUT2D eigenvalue weighted by molar-refractivity contribution is 0.101. The summed E-state index contributed by atoms with van der Waals surface area (Å²) in [5, 5.41) is 6.51. The van der Waals surface area contributed by atoms with E-state index in [-0.39, 0.29) is 0 Å². The Bertz CT molecular complexity index is 349. The molecule has 2 rings (SSSR count). The van der Waals surface area contributed by atoms with Gasteiger partial charge in [-0.3, -0.25) is 0 Å². The van der Waals surface area contributed by atoms with Gasteiger partial charge in [-0.05, 0) is 50.1 Å². The topological polar surface area (TPSA) is 21.3 Å². The number of thiophene rings is 1. The van der Waals surface area contributed by atoms with Crippen molar-refractivity contribution in [2.45, 2.75) is 51.2 Å². The van der Waals surface area contributed by atoms with Gasteiger partial charge in [-0.25, -0.2) is 0 Å². The monoisotopic (exact) mass is 287 g/mol. The minimum atomic E-state index is 0.406. The molecule has 1 saturated heterocycles. The molecule has 0 saturated carbocycles. The van der Waals surface area contributed by atoms with Gasteiger partial charge in [0.25, 0.3) is 0 Å². The summed E-state index contributed by atoms with van der Waals surface area (Å²) in [4.78, 5) is 1.28. The maximum atomic E-state index is 6.22. The molecule has 1 aliphatic rings. The van der Waals surface area contributed by atoms with Gasteiger partial charge < -0.3 is 10.1 Å². The Morgan fingerprint density at radius 3 is 3.11 bits per heavy atom. The predicted molar refractivity (Wildman–Crippen MR) is 78.6 cm³/mol. The lowest BCUT2D eigenvalue weighted by Crippen LogP contribution is -2.20. The third kappa shape index (κ3) is 3.95. The molecule has 0 bridgehead atoms. The van der Waals surface area contributed by atoms with Crippen LogP contribution < -0.4 is 5.32 Å². The van der Waals surface area contributed by atoms with Crippen molar-refractivity contribution in [3.05, 3.63) is 21.3 Å². The fourth-order valence-electron chi connectivity index (χ4n) is 2.55. The summed E-state index contributed by atoms with van der Waals surface area (Å²) in [6.45, 7) is 4.09. The third-order valence-electron chi connectivity index (χ3n) is 3.45. The van der Waals surface area contributed by atoms with Crippen LogP contribution >= 0.6 is 22.9 Å². The highest BCUT2D eigenvalue weighted by Crippen LogP contribution is 2.32. The van der Waals surface area contributed by atoms with Gasteiger partial charge in [-0.1, -0.05) is 18.5 Å². The molecule has 0 radical (unpaired) electrons. The molecule has 2 heterocycles. The average Bonchev–Trinajstić information content (AvgIpc) is 2.99. The molecule has 1 aromatic rings. The highest BCUT2D eigenvalue weighted by Gasteiger charge is 2.18. The molecule has 1 aromatic heterocycles. The zero-order valence-corrected chi connectivity index (χ0v) is 12.5. The highest BCUT2D eigenvalue weighted by atomic mass is 35.5. The first-order valence-corrected chi connectivity index (χ1v) is 8.15. The molecule has 4 heteroatoms. The Kier molecular flexibility index (Phi) is 5.96. The van der Waals surface area contributed by atoms with Gasteiger partial charge in [-0.15, -0.1) is 11.3 Å². The molecule has 1 aliphatic heterocycles. The van der Waals surface area contributed by atoms with E-state index in [1.165, 1.54) is 30.6 Å². The smallest absolute Gasteiger partial charge is 0.0576 e. The molecule has 2 atom stereocenters. The molecule has 102 valence electrons. The SMILES string of the molecule is CCNC(CCCC1CCCO1)c1sccc1Cl. The van der Waals surface area contributed by atoms with Crippen LogP contribution in [0, 0.1) is 0 Å². The van der Waals surface area contributed by atoms with E-state index in [1.807, 2.05) is 6.07 Å². The maximum absolute atomic E-state index is 6.22. The van der Waals surface area contributed by atoms with Crippen LogP contribution in [0.25, 0.3) is 0 Å². The number of nitrogens with one attached hydrogen (secondary N) is 1. The highest BCUT2D eigenvalue weighted by molar-refractivity contribution is 7.10. The van der Waals surface area contributed by atoms with Gasteiger partial charge in [0.2, 0.25) is 0 Å². The van der Waals surface area contributed by atoms with Crippen LogP contribution in [0.1, 0.15) is 49.9 Å². The lowest BCUT2D eigenvalue weighted by Gasteiger charge is -2.18. The molecular formula is C14H22ClNOS. The lowest BCUT2D eigenvalue weighted by atomic mass is 10.0. The van der Waals surface area contributed by atoms with E-state index in [0.717, 1.165) is 24.6 Å². The molecule has 2 nitrogen and oxygen atoms in total. The Hall–Kier alpha value is -0.0900. The van der Waals surface area contributed by atoms with Crippen molar-refractivity contribution in [1.29, 1.82) is 0 Å². The summed E-state index contributed by atoms with van der Waals surface area (Å²) in [6.07, 6.45) is 6.52. The number of hydrogen-bond donors (Lipinski definition) is 1. The Morgan fingerprint density at radius 1 is 1.61 bits per heavy atom. The number of halogens is 1. The summed E-state index contributed by atoms with van der Waals surface area (Å²) in [5.74, 6) is 0. The second-order valence-electron chi connectivity index (χ2n) is 4.81. The van der Waals surface area contributed by atoms with E-state index in [4.69, 9.17) is 16.3 Å². The van der Waals surface area contributed by atoms with Crippen molar-refractivity contribution in [1.82, 2.24) is 5.32 Å². The molecular weight excluding hydrogens is 266 g/mol. The summed E-state index contributed by atoms with van der Waals surface area (Å²) >= 11 is 7.98. The fourth-order valence-corrected chi connectivity index (χ4v) is 3.85. The number of rotatable bonds is 7. The molecule has 18 heavy (non-hydrogen) atoms. The maximum Gasteiger partial charge on any atom is 0.0576 e. The minimum absolute atomic E-state index is 0.406. The first-order valence-electron chi connectivity index (χ1n) is 6.89. The van der Waals surface area contributed by atoms with Gasteiger partial charge >= 0.3 is 0 Å². The van der Waals surface area contributed by atoms with Crippen LogP contribution in [-0.2, 0) is 4.74 Å². The fraction of sp³-hybridized carbons (Fsp3) is 0.714. The van der Waals surface area contributed by atoms with E-state index < -0.39 is 0 Å². The van der Waals surface area contributed by atoms with Gasteiger partial charge in [-0.2, -0.15) is 0 Å². The van der Waals surface area contributed by atoms with Crippen molar-refractivity contribution >= 4 is 22.9 Å². The largest absolute Gasteiger partial charge is 0.378 e. The van der Waals surface area contributed by atoms with Crippen LogP contribution in [0.4, 0.5) is 0 Å². The van der Waals surface area contributed by atoms with E-state index in [9.17, 15) is 0 Å². The predicted octanol–water partition coefficient (Wildman–Crippen LogP) is 4.40. The van der Waals surface area contributed by atoms with Crippen molar-refractivity contribution in [2.24, 2.45) is 0 Å². The van der Waals surface area contributed by atoms with E-state index >= 15 is 0 Å². The first-order chi connectivity index (χ1) is 8.81. The zero-order valence-electron chi connectivity index (χ0n) is 11.0. The van der Waals surface area contributed by atoms with Crippen LogP contribution in [0.2, 0.25) is 5.02 Å². The average molecular weight is 288 g/mol. The van der Waals surface area contributed by atoms with E-state index in [0.29, 0.717) is 12.1 Å². The van der Waals surface area contributed by atoms with Crippen molar-refractivity contribution < 1.29 is 4.74 Å². The second-order valence-corrected chi connectivity index (χ2v) is 6.16. The molecule has 1 fully saturated rings. The summed E-state index contributed by atoms with van der Waals surface area (Å²) in [5.41, 5.74) is 0. The summed E-state index contributed by atoms with van der Waals surface area (Å²) in [7, 11) is 0. The summed E-state index contributed by atoms with van der Waals surface area (Å²) < 4.78 is 5.67. The zero-order chi connectivity index (χ0) is 12.8. The molecule has 0 aliphatic carbocycles. The van der Waals surface area contributed by atoms with Gasteiger partial charge in [0.15, 0.2) is 0 Å². The third-order valence-corrected chi connectivity index (χ3v) is 4.93. The summed E-state index contributed by atoms with van der Waals surface area (Å²) in [6, 6.07) is 2.40. The van der Waals surface area contributed by atoms with Crippen molar-refractivity contribution in [3.8, 4) is 0 Å². The van der Waals surface area contributed by atoms with E-state index in [1.54, 1.807) is 11.3 Å². The van der Waals surface area contributed by atoms with Crippen molar-refractivity contribution in [3.63, 3.8) is 0 Å². The van der Waals surface area contributed by atoms with Gasteiger partial charge in [0, 0.05) is 17.5 Å². The Balaban J connectivity index is 1.80. The molecule has 0 amide bonds. The number of ether oxygens (including phenoxy) is 1. The molecule has 1 N–H and O–H groups in total. The normalized spacial score (nSPS) is 21.3. The Labute approximate surface area is 119 Å². The van der Waals surface area contributed by atoms with Crippen molar-refractivity contribution in [2.75, 3.05) is 13.2 Å². The van der Waals surface area contributed by atoms with Crippen LogP contribution in [0.15, 0.2) is 11.4 Å². The second kappa shape index (κ2) is 7.49. The molecule has 2 unspecified atom stereocenters. The minimum Gasteiger partial charge on any atom is -0.378 e.